The van der Waals surface area contributed by atoms with Gasteiger partial charge in [-0.1, -0.05) is 12.1 Å². The molecule has 1 rings (SSSR count). The van der Waals surface area contributed by atoms with Gasteiger partial charge in [-0.25, -0.2) is 14.0 Å². The molecule has 1 aromatic rings. The Balaban J connectivity index is 2.39. The second kappa shape index (κ2) is 7.83. The lowest BCUT2D eigenvalue weighted by Gasteiger charge is -2.13. The second-order valence-electron chi connectivity index (χ2n) is 4.34. The normalized spacial score (nSPS) is 11.5. The maximum absolute atomic E-state index is 12.9. The number of aliphatic carboxylic acids is 1. The van der Waals surface area contributed by atoms with Gasteiger partial charge in [-0.3, -0.25) is 4.79 Å². The first kappa shape index (κ1) is 16.4. The summed E-state index contributed by atoms with van der Waals surface area (Å²) >= 11 is 0. The SMILES string of the molecule is NC(=O)C[C@H](NC(=O)NCCc1cccc(F)c1)C(=O)O. The summed E-state index contributed by atoms with van der Waals surface area (Å²) in [5, 5.41) is 13.4. The van der Waals surface area contributed by atoms with Crippen LogP contribution in [0.2, 0.25) is 0 Å². The van der Waals surface area contributed by atoms with Crippen molar-refractivity contribution in [2.24, 2.45) is 5.73 Å². The molecule has 8 heteroatoms. The van der Waals surface area contributed by atoms with Gasteiger partial charge in [0.15, 0.2) is 0 Å². The molecule has 114 valence electrons. The summed E-state index contributed by atoms with van der Waals surface area (Å²) in [7, 11) is 0. The molecule has 0 unspecified atom stereocenters. The van der Waals surface area contributed by atoms with Crippen molar-refractivity contribution in [2.45, 2.75) is 18.9 Å². The van der Waals surface area contributed by atoms with Gasteiger partial charge in [0.25, 0.3) is 0 Å². The van der Waals surface area contributed by atoms with Crippen molar-refractivity contribution >= 4 is 17.9 Å². The van der Waals surface area contributed by atoms with E-state index in [1.807, 2.05) is 0 Å². The molecule has 0 aliphatic rings. The number of halogens is 1. The average Bonchev–Trinajstić information content (AvgIpc) is 2.37. The van der Waals surface area contributed by atoms with E-state index >= 15 is 0 Å². The lowest BCUT2D eigenvalue weighted by Crippen LogP contribution is -2.48. The van der Waals surface area contributed by atoms with Crippen LogP contribution in [0.1, 0.15) is 12.0 Å². The zero-order valence-corrected chi connectivity index (χ0v) is 11.1. The highest BCUT2D eigenvalue weighted by Crippen LogP contribution is 2.03. The minimum Gasteiger partial charge on any atom is -0.480 e. The fourth-order valence-electron chi connectivity index (χ4n) is 1.62. The molecule has 21 heavy (non-hydrogen) atoms. The summed E-state index contributed by atoms with van der Waals surface area (Å²) < 4.78 is 12.9. The number of nitrogens with two attached hydrogens (primary N) is 1. The van der Waals surface area contributed by atoms with Gasteiger partial charge >= 0.3 is 12.0 Å². The van der Waals surface area contributed by atoms with E-state index in [-0.39, 0.29) is 12.4 Å². The average molecular weight is 297 g/mol. The monoisotopic (exact) mass is 297 g/mol. The van der Waals surface area contributed by atoms with Crippen LogP contribution >= 0.6 is 0 Å². The topological polar surface area (TPSA) is 122 Å². The summed E-state index contributed by atoms with van der Waals surface area (Å²) in [6, 6.07) is 3.79. The number of carbonyl (C=O) groups excluding carboxylic acids is 2. The molecular weight excluding hydrogens is 281 g/mol. The Morgan fingerprint density at radius 3 is 2.62 bits per heavy atom. The molecule has 0 fully saturated rings. The minimum atomic E-state index is -1.38. The van der Waals surface area contributed by atoms with Crippen molar-refractivity contribution in [1.82, 2.24) is 10.6 Å². The second-order valence-corrected chi connectivity index (χ2v) is 4.34. The van der Waals surface area contributed by atoms with E-state index in [0.717, 1.165) is 0 Å². The largest absolute Gasteiger partial charge is 0.480 e. The number of carboxylic acid groups (broad SMARTS) is 1. The van der Waals surface area contributed by atoms with Gasteiger partial charge in [0, 0.05) is 6.54 Å². The lowest BCUT2D eigenvalue weighted by atomic mass is 10.1. The van der Waals surface area contributed by atoms with E-state index in [9.17, 15) is 18.8 Å². The number of primary amides is 1. The molecule has 0 saturated carbocycles. The number of carboxylic acids is 1. The van der Waals surface area contributed by atoms with Gasteiger partial charge in [-0.05, 0) is 24.1 Å². The number of carbonyl (C=O) groups is 3. The van der Waals surface area contributed by atoms with Crippen molar-refractivity contribution in [3.05, 3.63) is 35.6 Å². The maximum Gasteiger partial charge on any atom is 0.326 e. The van der Waals surface area contributed by atoms with Gasteiger partial charge < -0.3 is 21.5 Å². The van der Waals surface area contributed by atoms with Gasteiger partial charge in [0.1, 0.15) is 11.9 Å². The Labute approximate surface area is 120 Å². The van der Waals surface area contributed by atoms with Crippen molar-refractivity contribution in [1.29, 1.82) is 0 Å². The van der Waals surface area contributed by atoms with Crippen LogP contribution in [0, 0.1) is 5.82 Å². The molecule has 0 aromatic heterocycles. The highest BCUT2D eigenvalue weighted by molar-refractivity contribution is 5.87. The molecule has 0 bridgehead atoms. The Kier molecular flexibility index (Phi) is 6.12. The maximum atomic E-state index is 12.9. The Morgan fingerprint density at radius 2 is 2.05 bits per heavy atom. The van der Waals surface area contributed by atoms with E-state index in [2.05, 4.69) is 10.6 Å². The van der Waals surface area contributed by atoms with Crippen LogP contribution in [0.4, 0.5) is 9.18 Å². The van der Waals surface area contributed by atoms with E-state index in [1.165, 1.54) is 12.1 Å². The first-order chi connectivity index (χ1) is 9.88. The summed E-state index contributed by atoms with van der Waals surface area (Å²) in [5.41, 5.74) is 5.58. The first-order valence-corrected chi connectivity index (χ1v) is 6.18. The number of nitrogens with one attached hydrogen (secondary N) is 2. The van der Waals surface area contributed by atoms with E-state index in [4.69, 9.17) is 10.8 Å². The van der Waals surface area contributed by atoms with Crippen LogP contribution in [0.25, 0.3) is 0 Å². The van der Waals surface area contributed by atoms with E-state index in [0.29, 0.717) is 12.0 Å². The van der Waals surface area contributed by atoms with Gasteiger partial charge in [0.2, 0.25) is 5.91 Å². The summed E-state index contributed by atoms with van der Waals surface area (Å²) in [6.45, 7) is 0.193. The van der Waals surface area contributed by atoms with E-state index < -0.39 is 30.4 Å². The smallest absolute Gasteiger partial charge is 0.326 e. The third kappa shape index (κ3) is 6.37. The molecular formula is C13H16FN3O4. The van der Waals surface area contributed by atoms with Crippen LogP contribution in [-0.2, 0) is 16.0 Å². The van der Waals surface area contributed by atoms with Gasteiger partial charge in [-0.15, -0.1) is 0 Å². The highest BCUT2D eigenvalue weighted by Gasteiger charge is 2.21. The van der Waals surface area contributed by atoms with E-state index in [1.54, 1.807) is 12.1 Å². The van der Waals surface area contributed by atoms with Crippen LogP contribution in [0.15, 0.2) is 24.3 Å². The number of benzene rings is 1. The predicted molar refractivity (Wildman–Crippen MR) is 71.9 cm³/mol. The summed E-state index contributed by atoms with van der Waals surface area (Å²) in [6.07, 6.45) is -0.106. The molecule has 1 atom stereocenters. The fourth-order valence-corrected chi connectivity index (χ4v) is 1.62. The molecule has 0 heterocycles. The molecule has 3 amide bonds. The molecule has 0 aliphatic heterocycles. The van der Waals surface area contributed by atoms with Crippen LogP contribution < -0.4 is 16.4 Å². The Bertz CT molecular complexity index is 536. The minimum absolute atomic E-state index is 0.193. The molecule has 5 N–H and O–H groups in total. The molecule has 0 spiro atoms. The molecule has 1 aromatic carbocycles. The van der Waals surface area contributed by atoms with Crippen LogP contribution in [-0.4, -0.2) is 35.6 Å². The summed E-state index contributed by atoms with van der Waals surface area (Å²) in [5.74, 6) is -2.55. The van der Waals surface area contributed by atoms with Crippen LogP contribution in [0.5, 0.6) is 0 Å². The van der Waals surface area contributed by atoms with Crippen molar-refractivity contribution < 1.29 is 23.9 Å². The molecule has 0 saturated heterocycles. The molecule has 7 nitrogen and oxygen atoms in total. The van der Waals surface area contributed by atoms with Crippen molar-refractivity contribution in [3.8, 4) is 0 Å². The summed E-state index contributed by atoms with van der Waals surface area (Å²) in [4.78, 5) is 33.0. The Hall–Kier alpha value is -2.64. The zero-order valence-electron chi connectivity index (χ0n) is 11.1. The molecule has 0 aliphatic carbocycles. The van der Waals surface area contributed by atoms with Gasteiger partial charge in [0.05, 0.1) is 6.42 Å². The standard InChI is InChI=1S/C13H16FN3O4/c14-9-3-1-2-8(6-9)4-5-16-13(21)17-10(12(19)20)7-11(15)18/h1-3,6,10H,4-5,7H2,(H2,15,18)(H,19,20)(H2,16,17,21)/t10-/m0/s1. The lowest BCUT2D eigenvalue weighted by molar-refractivity contribution is -0.140. The third-order valence-corrected chi connectivity index (χ3v) is 2.60. The predicted octanol–water partition coefficient (Wildman–Crippen LogP) is -0.00400. The quantitative estimate of drug-likeness (QED) is 0.565. The zero-order chi connectivity index (χ0) is 15.8. The number of amides is 3. The van der Waals surface area contributed by atoms with Crippen molar-refractivity contribution in [3.63, 3.8) is 0 Å². The third-order valence-electron chi connectivity index (χ3n) is 2.60. The fraction of sp³-hybridized carbons (Fsp3) is 0.308. The van der Waals surface area contributed by atoms with Crippen molar-refractivity contribution in [2.75, 3.05) is 6.54 Å². The number of urea groups is 1. The number of hydrogen-bond donors (Lipinski definition) is 4. The first-order valence-electron chi connectivity index (χ1n) is 6.18. The highest BCUT2D eigenvalue weighted by atomic mass is 19.1. The number of hydrogen-bond acceptors (Lipinski definition) is 3. The number of rotatable bonds is 7. The Morgan fingerprint density at radius 1 is 1.33 bits per heavy atom. The van der Waals surface area contributed by atoms with Gasteiger partial charge in [-0.2, -0.15) is 0 Å². The van der Waals surface area contributed by atoms with Crippen LogP contribution in [0.3, 0.4) is 0 Å². The molecule has 0 radical (unpaired) electrons.